The molecule has 8 heteroatoms. The summed E-state index contributed by atoms with van der Waals surface area (Å²) < 4.78 is 17.8. The predicted octanol–water partition coefficient (Wildman–Crippen LogP) is 1.63. The monoisotopic (exact) mass is 347 g/mol. The summed E-state index contributed by atoms with van der Waals surface area (Å²) in [6.45, 7) is 3.48. The van der Waals surface area contributed by atoms with E-state index in [2.05, 4.69) is 16.2 Å². The molecule has 1 unspecified atom stereocenters. The number of benzene rings is 1. The number of carbonyl (C=O) groups excluding carboxylic acids is 3. The lowest BCUT2D eigenvalue weighted by molar-refractivity contribution is -0.124. The zero-order chi connectivity index (χ0) is 18.4. The zero-order valence-electron chi connectivity index (χ0n) is 13.7. The Morgan fingerprint density at radius 2 is 1.68 bits per heavy atom. The lowest BCUT2D eigenvalue weighted by Gasteiger charge is -2.21. The first-order valence-electron chi connectivity index (χ1n) is 7.58. The van der Waals surface area contributed by atoms with Crippen molar-refractivity contribution in [3.8, 4) is 0 Å². The van der Waals surface area contributed by atoms with Crippen LogP contribution >= 0.6 is 0 Å². The third kappa shape index (κ3) is 4.90. The highest BCUT2D eigenvalue weighted by molar-refractivity contribution is 5.98. The molecule has 1 aromatic carbocycles. The van der Waals surface area contributed by atoms with E-state index in [0.29, 0.717) is 0 Å². The second-order valence-electron chi connectivity index (χ2n) is 5.62. The van der Waals surface area contributed by atoms with Gasteiger partial charge in [-0.1, -0.05) is 13.8 Å². The number of furan rings is 1. The van der Waals surface area contributed by atoms with E-state index in [1.165, 1.54) is 30.5 Å². The molecular formula is C17H18FN3O4. The number of hydrazine groups is 1. The second kappa shape index (κ2) is 8.09. The minimum Gasteiger partial charge on any atom is -0.459 e. The predicted molar refractivity (Wildman–Crippen MR) is 86.8 cm³/mol. The first-order valence-corrected chi connectivity index (χ1v) is 7.58. The molecule has 1 heterocycles. The molecule has 0 saturated carbocycles. The van der Waals surface area contributed by atoms with Crippen LogP contribution in [0.2, 0.25) is 0 Å². The van der Waals surface area contributed by atoms with Crippen LogP contribution < -0.4 is 16.2 Å². The number of hydrogen-bond acceptors (Lipinski definition) is 4. The molecule has 0 aliphatic carbocycles. The summed E-state index contributed by atoms with van der Waals surface area (Å²) >= 11 is 0. The molecule has 0 bridgehead atoms. The molecule has 7 nitrogen and oxygen atoms in total. The number of hydrogen-bond donors (Lipinski definition) is 3. The van der Waals surface area contributed by atoms with Gasteiger partial charge in [0.25, 0.3) is 11.8 Å². The van der Waals surface area contributed by atoms with E-state index in [1.54, 1.807) is 13.8 Å². The number of amides is 3. The number of rotatable bonds is 5. The van der Waals surface area contributed by atoms with Crippen molar-refractivity contribution < 1.29 is 23.2 Å². The van der Waals surface area contributed by atoms with Crippen LogP contribution in [0.5, 0.6) is 0 Å². The third-order valence-electron chi connectivity index (χ3n) is 3.39. The van der Waals surface area contributed by atoms with Gasteiger partial charge in [0.05, 0.1) is 6.26 Å². The van der Waals surface area contributed by atoms with Gasteiger partial charge in [0, 0.05) is 5.56 Å². The third-order valence-corrected chi connectivity index (χ3v) is 3.39. The normalized spacial score (nSPS) is 11.7. The molecule has 3 amide bonds. The highest BCUT2D eigenvalue weighted by Crippen LogP contribution is 2.07. The van der Waals surface area contributed by atoms with Crippen molar-refractivity contribution in [3.63, 3.8) is 0 Å². The van der Waals surface area contributed by atoms with Gasteiger partial charge in [-0.3, -0.25) is 25.2 Å². The van der Waals surface area contributed by atoms with Crippen LogP contribution in [0.25, 0.3) is 0 Å². The molecule has 1 aromatic heterocycles. The molecule has 0 radical (unpaired) electrons. The van der Waals surface area contributed by atoms with E-state index in [0.717, 1.165) is 12.1 Å². The van der Waals surface area contributed by atoms with E-state index in [4.69, 9.17) is 4.42 Å². The summed E-state index contributed by atoms with van der Waals surface area (Å²) in [5.41, 5.74) is 4.67. The summed E-state index contributed by atoms with van der Waals surface area (Å²) in [5, 5.41) is 2.56. The molecule has 0 saturated heterocycles. The molecular weight excluding hydrogens is 329 g/mol. The van der Waals surface area contributed by atoms with Gasteiger partial charge in [-0.05, 0) is 42.3 Å². The molecule has 1 atom stereocenters. The zero-order valence-corrected chi connectivity index (χ0v) is 13.7. The molecule has 3 N–H and O–H groups in total. The van der Waals surface area contributed by atoms with Crippen molar-refractivity contribution in [2.45, 2.75) is 19.9 Å². The largest absolute Gasteiger partial charge is 0.459 e. The highest BCUT2D eigenvalue weighted by Gasteiger charge is 2.25. The standard InChI is InChI=1S/C17H18FN3O4/c1-10(2)14(19-15(22)11-5-7-12(18)8-6-11)17(24)21-20-16(23)13-4-3-9-25-13/h3-10,14H,1-2H3,(H,19,22)(H,20,23)(H,21,24). The Morgan fingerprint density at radius 3 is 2.24 bits per heavy atom. The average molecular weight is 347 g/mol. The smallest absolute Gasteiger partial charge is 0.305 e. The van der Waals surface area contributed by atoms with E-state index < -0.39 is 29.6 Å². The Bertz CT molecular complexity index is 742. The Morgan fingerprint density at radius 1 is 1.00 bits per heavy atom. The van der Waals surface area contributed by atoms with E-state index >= 15 is 0 Å². The van der Waals surface area contributed by atoms with Crippen molar-refractivity contribution in [1.29, 1.82) is 0 Å². The first kappa shape index (κ1) is 18.2. The molecule has 2 aromatic rings. The fourth-order valence-electron chi connectivity index (χ4n) is 2.03. The van der Waals surface area contributed by atoms with Crippen molar-refractivity contribution in [3.05, 3.63) is 59.8 Å². The van der Waals surface area contributed by atoms with E-state index in [9.17, 15) is 18.8 Å². The van der Waals surface area contributed by atoms with Gasteiger partial charge in [-0.2, -0.15) is 0 Å². The van der Waals surface area contributed by atoms with Gasteiger partial charge >= 0.3 is 5.91 Å². The van der Waals surface area contributed by atoms with Crippen LogP contribution in [0.4, 0.5) is 4.39 Å². The number of halogens is 1. The minimum atomic E-state index is -0.894. The maximum absolute atomic E-state index is 12.9. The maximum Gasteiger partial charge on any atom is 0.305 e. The summed E-state index contributed by atoms with van der Waals surface area (Å²) in [6, 6.07) is 7.03. The molecule has 132 valence electrons. The van der Waals surface area contributed by atoms with Gasteiger partial charge in [-0.25, -0.2) is 4.39 Å². The summed E-state index contributed by atoms with van der Waals surface area (Å²) in [5.74, 6) is -2.40. The van der Waals surface area contributed by atoms with E-state index in [-0.39, 0.29) is 17.2 Å². The summed E-state index contributed by atoms with van der Waals surface area (Å²) in [7, 11) is 0. The first-order chi connectivity index (χ1) is 11.9. The molecule has 2 rings (SSSR count). The summed E-state index contributed by atoms with van der Waals surface area (Å²) in [6.07, 6.45) is 1.33. The van der Waals surface area contributed by atoms with Crippen molar-refractivity contribution in [2.24, 2.45) is 5.92 Å². The fraction of sp³-hybridized carbons (Fsp3) is 0.235. The maximum atomic E-state index is 12.9. The van der Waals surface area contributed by atoms with Crippen molar-refractivity contribution in [2.75, 3.05) is 0 Å². The van der Waals surface area contributed by atoms with Crippen LogP contribution in [0.15, 0.2) is 47.1 Å². The lowest BCUT2D eigenvalue weighted by atomic mass is 10.0. The Balaban J connectivity index is 1.97. The highest BCUT2D eigenvalue weighted by atomic mass is 19.1. The Hall–Kier alpha value is -3.16. The van der Waals surface area contributed by atoms with Crippen LogP contribution in [0.1, 0.15) is 34.8 Å². The Kier molecular flexibility index (Phi) is 5.89. The topological polar surface area (TPSA) is 100 Å². The molecule has 0 aliphatic heterocycles. The SMILES string of the molecule is CC(C)C(NC(=O)c1ccc(F)cc1)C(=O)NNC(=O)c1ccco1. The van der Waals surface area contributed by atoms with Crippen LogP contribution in [-0.4, -0.2) is 23.8 Å². The lowest BCUT2D eigenvalue weighted by Crippen LogP contribution is -2.54. The minimum absolute atomic E-state index is 0.0387. The van der Waals surface area contributed by atoms with E-state index in [1.807, 2.05) is 0 Å². The van der Waals surface area contributed by atoms with Gasteiger partial charge < -0.3 is 9.73 Å². The molecule has 25 heavy (non-hydrogen) atoms. The molecule has 0 fully saturated rings. The Labute approximate surface area is 143 Å². The number of carbonyl (C=O) groups is 3. The van der Waals surface area contributed by atoms with Gasteiger partial charge in [0.1, 0.15) is 11.9 Å². The van der Waals surface area contributed by atoms with Crippen LogP contribution in [0.3, 0.4) is 0 Å². The molecule has 0 aliphatic rings. The average Bonchev–Trinajstić information content (AvgIpc) is 3.12. The summed E-state index contributed by atoms with van der Waals surface area (Å²) in [4.78, 5) is 36.2. The molecule has 0 spiro atoms. The van der Waals surface area contributed by atoms with Crippen molar-refractivity contribution in [1.82, 2.24) is 16.2 Å². The van der Waals surface area contributed by atoms with Gasteiger partial charge in [0.2, 0.25) is 0 Å². The fourth-order valence-corrected chi connectivity index (χ4v) is 2.03. The van der Waals surface area contributed by atoms with Crippen LogP contribution in [0, 0.1) is 11.7 Å². The number of nitrogens with one attached hydrogen (secondary N) is 3. The second-order valence-corrected chi connectivity index (χ2v) is 5.62. The van der Waals surface area contributed by atoms with Crippen molar-refractivity contribution >= 4 is 17.7 Å². The van der Waals surface area contributed by atoms with Crippen LogP contribution in [-0.2, 0) is 4.79 Å². The quantitative estimate of drug-likeness (QED) is 0.716. The van der Waals surface area contributed by atoms with Gasteiger partial charge in [-0.15, -0.1) is 0 Å². The van der Waals surface area contributed by atoms with Gasteiger partial charge in [0.15, 0.2) is 5.76 Å².